The Morgan fingerprint density at radius 2 is 1.80 bits per heavy atom. The van der Waals surface area contributed by atoms with Crippen LogP contribution < -0.4 is 5.32 Å². The van der Waals surface area contributed by atoms with Gasteiger partial charge in [-0.2, -0.15) is 0 Å². The van der Waals surface area contributed by atoms with Gasteiger partial charge in [0, 0.05) is 12.6 Å². The number of rotatable bonds is 8. The molecule has 0 aromatic rings. The molecule has 0 amide bonds. The van der Waals surface area contributed by atoms with Gasteiger partial charge in [-0.15, -0.1) is 0 Å². The van der Waals surface area contributed by atoms with Gasteiger partial charge in [0.05, 0.1) is 11.7 Å². The van der Waals surface area contributed by atoms with E-state index in [0.717, 1.165) is 19.4 Å². The van der Waals surface area contributed by atoms with E-state index < -0.39 is 0 Å². The van der Waals surface area contributed by atoms with Crippen molar-refractivity contribution in [2.75, 3.05) is 6.54 Å². The molecule has 2 nitrogen and oxygen atoms in total. The molecule has 0 aliphatic rings. The summed E-state index contributed by atoms with van der Waals surface area (Å²) in [5.41, 5.74) is 0.0124. The van der Waals surface area contributed by atoms with Crippen LogP contribution in [0.15, 0.2) is 0 Å². The Bertz CT molecular complexity index is 155. The zero-order valence-electron chi connectivity index (χ0n) is 11.4. The predicted octanol–water partition coefficient (Wildman–Crippen LogP) is 3.36. The van der Waals surface area contributed by atoms with Gasteiger partial charge in [0.25, 0.3) is 0 Å². The lowest BCUT2D eigenvalue weighted by Crippen LogP contribution is -2.38. The molecule has 0 bridgehead atoms. The SMILES string of the molecule is CCCC(CNC(C)C)OC(C)(C)CC. The van der Waals surface area contributed by atoms with Crippen molar-refractivity contribution in [3.05, 3.63) is 0 Å². The fourth-order valence-electron chi connectivity index (χ4n) is 1.43. The van der Waals surface area contributed by atoms with Crippen LogP contribution in [-0.4, -0.2) is 24.3 Å². The summed E-state index contributed by atoms with van der Waals surface area (Å²) < 4.78 is 6.12. The maximum absolute atomic E-state index is 6.12. The molecule has 1 unspecified atom stereocenters. The number of hydrogen-bond acceptors (Lipinski definition) is 2. The fraction of sp³-hybridized carbons (Fsp3) is 1.00. The molecule has 1 N–H and O–H groups in total. The highest BCUT2D eigenvalue weighted by molar-refractivity contribution is 4.72. The first kappa shape index (κ1) is 14.9. The Morgan fingerprint density at radius 1 is 1.20 bits per heavy atom. The van der Waals surface area contributed by atoms with E-state index in [4.69, 9.17) is 4.74 Å². The Kier molecular flexibility index (Phi) is 7.20. The minimum Gasteiger partial charge on any atom is -0.371 e. The third-order valence-corrected chi connectivity index (χ3v) is 2.70. The number of hydrogen-bond donors (Lipinski definition) is 1. The molecule has 0 heterocycles. The predicted molar refractivity (Wildman–Crippen MR) is 67.3 cm³/mol. The number of nitrogens with one attached hydrogen (secondary N) is 1. The molecule has 92 valence electrons. The smallest absolute Gasteiger partial charge is 0.0706 e. The van der Waals surface area contributed by atoms with Crippen molar-refractivity contribution in [3.63, 3.8) is 0 Å². The van der Waals surface area contributed by atoms with Crippen LogP contribution in [0.25, 0.3) is 0 Å². The zero-order valence-corrected chi connectivity index (χ0v) is 11.4. The van der Waals surface area contributed by atoms with Gasteiger partial charge in [-0.05, 0) is 26.7 Å². The van der Waals surface area contributed by atoms with Crippen LogP contribution in [0, 0.1) is 0 Å². The summed E-state index contributed by atoms with van der Waals surface area (Å²) in [6.45, 7) is 14.1. The molecular weight excluding hydrogens is 186 g/mol. The summed E-state index contributed by atoms with van der Waals surface area (Å²) in [6.07, 6.45) is 3.75. The molecule has 0 fully saturated rings. The Labute approximate surface area is 95.8 Å². The molecular formula is C13H29NO. The summed E-state index contributed by atoms with van der Waals surface area (Å²) in [7, 11) is 0. The van der Waals surface area contributed by atoms with Crippen molar-refractivity contribution >= 4 is 0 Å². The highest BCUT2D eigenvalue weighted by Gasteiger charge is 2.21. The highest BCUT2D eigenvalue weighted by Crippen LogP contribution is 2.18. The van der Waals surface area contributed by atoms with E-state index in [9.17, 15) is 0 Å². The highest BCUT2D eigenvalue weighted by atomic mass is 16.5. The Morgan fingerprint density at radius 3 is 2.20 bits per heavy atom. The van der Waals surface area contributed by atoms with E-state index in [1.165, 1.54) is 6.42 Å². The van der Waals surface area contributed by atoms with Crippen LogP contribution in [0.4, 0.5) is 0 Å². The third-order valence-electron chi connectivity index (χ3n) is 2.70. The summed E-state index contributed by atoms with van der Waals surface area (Å²) in [5.74, 6) is 0. The summed E-state index contributed by atoms with van der Waals surface area (Å²) in [5, 5.41) is 3.45. The molecule has 0 aliphatic heterocycles. The van der Waals surface area contributed by atoms with Crippen LogP contribution in [-0.2, 0) is 4.74 Å². The van der Waals surface area contributed by atoms with Gasteiger partial charge in [-0.1, -0.05) is 34.1 Å². The van der Waals surface area contributed by atoms with Crippen LogP contribution >= 0.6 is 0 Å². The topological polar surface area (TPSA) is 21.3 Å². The van der Waals surface area contributed by atoms with Crippen LogP contribution in [0.3, 0.4) is 0 Å². The van der Waals surface area contributed by atoms with Gasteiger partial charge in [0.15, 0.2) is 0 Å². The molecule has 0 rings (SSSR count). The van der Waals surface area contributed by atoms with E-state index in [0.29, 0.717) is 12.1 Å². The van der Waals surface area contributed by atoms with Gasteiger partial charge in [-0.3, -0.25) is 0 Å². The molecule has 0 aromatic heterocycles. The van der Waals surface area contributed by atoms with Crippen LogP contribution in [0.2, 0.25) is 0 Å². The lowest BCUT2D eigenvalue weighted by Gasteiger charge is -2.30. The van der Waals surface area contributed by atoms with Gasteiger partial charge in [0.1, 0.15) is 0 Å². The Balaban J connectivity index is 4.03. The van der Waals surface area contributed by atoms with Crippen LogP contribution in [0.1, 0.15) is 60.8 Å². The molecule has 2 heteroatoms. The van der Waals surface area contributed by atoms with Gasteiger partial charge >= 0.3 is 0 Å². The van der Waals surface area contributed by atoms with Gasteiger partial charge in [0.2, 0.25) is 0 Å². The van der Waals surface area contributed by atoms with Crippen molar-refractivity contribution in [2.24, 2.45) is 0 Å². The van der Waals surface area contributed by atoms with Gasteiger partial charge < -0.3 is 10.1 Å². The first-order valence-corrected chi connectivity index (χ1v) is 6.32. The quantitative estimate of drug-likeness (QED) is 0.670. The maximum Gasteiger partial charge on any atom is 0.0706 e. The maximum atomic E-state index is 6.12. The fourth-order valence-corrected chi connectivity index (χ4v) is 1.43. The molecule has 1 atom stereocenters. The first-order chi connectivity index (χ1) is 6.91. The molecule has 0 aromatic carbocycles. The minimum atomic E-state index is 0.0124. The van der Waals surface area contributed by atoms with Crippen molar-refractivity contribution in [1.82, 2.24) is 5.32 Å². The first-order valence-electron chi connectivity index (χ1n) is 6.32. The molecule has 0 saturated heterocycles. The third kappa shape index (κ3) is 7.80. The standard InChI is InChI=1S/C13H29NO/c1-7-9-12(10-14-11(3)4)15-13(5,6)8-2/h11-12,14H,7-10H2,1-6H3. The normalized spacial score (nSPS) is 14.6. The minimum absolute atomic E-state index is 0.0124. The summed E-state index contributed by atoms with van der Waals surface area (Å²) >= 11 is 0. The van der Waals surface area contributed by atoms with Crippen molar-refractivity contribution in [1.29, 1.82) is 0 Å². The summed E-state index contributed by atoms with van der Waals surface area (Å²) in [6, 6.07) is 0.540. The van der Waals surface area contributed by atoms with Gasteiger partial charge in [-0.25, -0.2) is 0 Å². The second-order valence-corrected chi connectivity index (χ2v) is 5.20. The summed E-state index contributed by atoms with van der Waals surface area (Å²) in [4.78, 5) is 0. The molecule has 0 spiro atoms. The van der Waals surface area contributed by atoms with Crippen molar-refractivity contribution in [2.45, 2.75) is 78.6 Å². The second-order valence-electron chi connectivity index (χ2n) is 5.20. The van der Waals surface area contributed by atoms with E-state index >= 15 is 0 Å². The lowest BCUT2D eigenvalue weighted by atomic mass is 10.1. The zero-order chi connectivity index (χ0) is 11.9. The van der Waals surface area contributed by atoms with E-state index in [2.05, 4.69) is 46.9 Å². The second kappa shape index (κ2) is 7.24. The van der Waals surface area contributed by atoms with Crippen molar-refractivity contribution in [3.8, 4) is 0 Å². The lowest BCUT2D eigenvalue weighted by molar-refractivity contribution is -0.0757. The van der Waals surface area contributed by atoms with E-state index in [1.807, 2.05) is 0 Å². The van der Waals surface area contributed by atoms with E-state index in [-0.39, 0.29) is 5.60 Å². The molecule has 15 heavy (non-hydrogen) atoms. The molecule has 0 aliphatic carbocycles. The van der Waals surface area contributed by atoms with Crippen molar-refractivity contribution < 1.29 is 4.74 Å². The molecule has 0 saturated carbocycles. The Hall–Kier alpha value is -0.0800. The average Bonchev–Trinajstić information content (AvgIpc) is 2.14. The average molecular weight is 215 g/mol. The largest absolute Gasteiger partial charge is 0.371 e. The van der Waals surface area contributed by atoms with E-state index in [1.54, 1.807) is 0 Å². The number of ether oxygens (including phenoxy) is 1. The monoisotopic (exact) mass is 215 g/mol. The van der Waals surface area contributed by atoms with Crippen LogP contribution in [0.5, 0.6) is 0 Å². The molecule has 0 radical (unpaired) electrons.